The molecule has 0 spiro atoms. The van der Waals surface area contributed by atoms with Crippen molar-refractivity contribution in [2.24, 2.45) is 4.99 Å². The van der Waals surface area contributed by atoms with Crippen LogP contribution in [0.15, 0.2) is 53.5 Å². The van der Waals surface area contributed by atoms with Crippen molar-refractivity contribution in [2.45, 2.75) is 26.3 Å². The van der Waals surface area contributed by atoms with Crippen LogP contribution in [0.4, 0.5) is 10.5 Å². The molecule has 2 aromatic carbocycles. The zero-order valence-corrected chi connectivity index (χ0v) is 23.3. The number of hydrogen-bond donors (Lipinski definition) is 2. The van der Waals surface area contributed by atoms with E-state index in [2.05, 4.69) is 36.0 Å². The van der Waals surface area contributed by atoms with Gasteiger partial charge in [-0.15, -0.1) is 0 Å². The second-order valence-corrected chi connectivity index (χ2v) is 8.51. The normalized spacial score (nSPS) is 9.66. The van der Waals surface area contributed by atoms with Gasteiger partial charge in [-0.3, -0.25) is 9.79 Å². The molecule has 0 bridgehead atoms. The fourth-order valence-electron chi connectivity index (χ4n) is 2.93. The topological polar surface area (TPSA) is 115 Å². The molecule has 0 atom stereocenters. The first-order chi connectivity index (χ1) is 18.3. The first kappa shape index (κ1) is 34.2. The number of rotatable bonds is 14. The summed E-state index contributed by atoms with van der Waals surface area (Å²) >= 11 is 0. The number of carbonyl (C=O) groups excluding carboxylic acids is 3. The highest BCUT2D eigenvalue weighted by atomic mass is 16.5. The van der Waals surface area contributed by atoms with E-state index in [1.807, 2.05) is 55.5 Å². The van der Waals surface area contributed by atoms with Gasteiger partial charge in [0, 0.05) is 40.2 Å². The summed E-state index contributed by atoms with van der Waals surface area (Å²) in [5.74, 6) is 0.890. The lowest BCUT2D eigenvalue weighted by Crippen LogP contribution is -2.43. The highest BCUT2D eigenvalue weighted by molar-refractivity contribution is 5.74. The van der Waals surface area contributed by atoms with Gasteiger partial charge in [0.15, 0.2) is 0 Å². The van der Waals surface area contributed by atoms with Gasteiger partial charge in [-0.2, -0.15) is 0 Å². The van der Waals surface area contributed by atoms with Gasteiger partial charge in [0.25, 0.3) is 0 Å². The summed E-state index contributed by atoms with van der Waals surface area (Å²) in [6, 6.07) is 15.2. The van der Waals surface area contributed by atoms with E-state index in [9.17, 15) is 14.4 Å². The fraction of sp³-hybridized carbons (Fsp3) is 0.429. The lowest BCUT2D eigenvalue weighted by atomic mass is 10.1. The fourth-order valence-corrected chi connectivity index (χ4v) is 2.93. The van der Waals surface area contributed by atoms with Gasteiger partial charge in [0.2, 0.25) is 6.41 Å². The highest BCUT2D eigenvalue weighted by Crippen LogP contribution is 2.17. The van der Waals surface area contributed by atoms with E-state index in [4.69, 9.17) is 9.84 Å². The second kappa shape index (κ2) is 21.3. The van der Waals surface area contributed by atoms with Gasteiger partial charge in [-0.1, -0.05) is 29.8 Å². The standard InChI is InChI=1S/C15H21N3O3.C12H18N2O.CH4O/c1-13-4-6-14(7-5-13)10-18(12-20)11-16-15(21)17(2)8-3-9-19;1-13-11-5-7-12(8-6-11)15-10-4-9-14(2)3;1-2/h4-7,9,12H,3,8,10-11H2,1-2H3,(H,16,21);5-8H,1,4,9-10H2,2-3H3;2H,1H3. The minimum atomic E-state index is -0.312. The Hall–Kier alpha value is -3.76. The van der Waals surface area contributed by atoms with Crippen LogP contribution < -0.4 is 10.1 Å². The Morgan fingerprint density at radius 3 is 2.18 bits per heavy atom. The monoisotopic (exact) mass is 529 g/mol. The van der Waals surface area contributed by atoms with Gasteiger partial charge >= 0.3 is 6.03 Å². The molecule has 38 heavy (non-hydrogen) atoms. The molecule has 0 radical (unpaired) electrons. The summed E-state index contributed by atoms with van der Waals surface area (Å²) in [4.78, 5) is 41.9. The van der Waals surface area contributed by atoms with E-state index in [1.165, 1.54) is 9.80 Å². The molecular weight excluding hydrogens is 486 g/mol. The number of nitrogens with one attached hydrogen (secondary N) is 1. The van der Waals surface area contributed by atoms with Gasteiger partial charge < -0.3 is 34.7 Å². The molecule has 0 saturated heterocycles. The van der Waals surface area contributed by atoms with Crippen molar-refractivity contribution in [2.75, 3.05) is 54.6 Å². The smallest absolute Gasteiger partial charge is 0.318 e. The predicted molar refractivity (Wildman–Crippen MR) is 152 cm³/mol. The van der Waals surface area contributed by atoms with Gasteiger partial charge in [-0.25, -0.2) is 4.79 Å². The molecular formula is C28H43N5O5. The SMILES string of the molecule is C=Nc1ccc(OCCCN(C)C)cc1.CO.Cc1ccc(CN(C=O)CNC(=O)N(C)CCC=O)cc1. The van der Waals surface area contributed by atoms with Crippen LogP contribution in [-0.4, -0.2) is 99.9 Å². The summed E-state index contributed by atoms with van der Waals surface area (Å²) in [6.07, 6.45) is 2.80. The summed E-state index contributed by atoms with van der Waals surface area (Å²) in [5, 5.41) is 9.64. The van der Waals surface area contributed by atoms with E-state index < -0.39 is 0 Å². The third-order valence-electron chi connectivity index (χ3n) is 5.06. The number of aldehydes is 1. The van der Waals surface area contributed by atoms with Crippen molar-refractivity contribution in [3.63, 3.8) is 0 Å². The zero-order valence-electron chi connectivity index (χ0n) is 23.3. The number of aliphatic hydroxyl groups is 1. The molecule has 0 aliphatic heterocycles. The molecule has 0 aromatic heterocycles. The molecule has 0 heterocycles. The van der Waals surface area contributed by atoms with Crippen molar-refractivity contribution >= 4 is 31.1 Å². The van der Waals surface area contributed by atoms with E-state index in [0.29, 0.717) is 25.9 Å². The van der Waals surface area contributed by atoms with Crippen LogP contribution in [0.1, 0.15) is 24.0 Å². The largest absolute Gasteiger partial charge is 0.494 e. The second-order valence-electron chi connectivity index (χ2n) is 8.51. The molecule has 210 valence electrons. The van der Waals surface area contributed by atoms with Crippen molar-refractivity contribution in [1.82, 2.24) is 20.0 Å². The number of carbonyl (C=O) groups is 3. The molecule has 3 amide bonds. The Bertz CT molecular complexity index is 920. The Morgan fingerprint density at radius 2 is 1.66 bits per heavy atom. The number of urea groups is 1. The predicted octanol–water partition coefficient (Wildman–Crippen LogP) is 3.10. The van der Waals surface area contributed by atoms with Crippen LogP contribution in [-0.2, 0) is 16.1 Å². The quantitative estimate of drug-likeness (QED) is 0.168. The van der Waals surface area contributed by atoms with Crippen LogP contribution in [0.25, 0.3) is 0 Å². The third kappa shape index (κ3) is 16.1. The molecule has 0 aliphatic rings. The van der Waals surface area contributed by atoms with E-state index in [-0.39, 0.29) is 12.7 Å². The molecule has 10 nitrogen and oxygen atoms in total. The third-order valence-corrected chi connectivity index (χ3v) is 5.06. The van der Waals surface area contributed by atoms with Crippen molar-refractivity contribution in [1.29, 1.82) is 0 Å². The first-order valence-corrected chi connectivity index (χ1v) is 12.3. The molecule has 2 N–H and O–H groups in total. The minimum absolute atomic E-state index is 0.127. The average Bonchev–Trinajstić information content (AvgIpc) is 2.94. The number of nitrogens with zero attached hydrogens (tertiary/aromatic N) is 4. The number of aliphatic imine (C=N–C) groups is 1. The molecule has 0 fully saturated rings. The van der Waals surface area contributed by atoms with Crippen LogP contribution in [0.5, 0.6) is 5.75 Å². The number of amides is 3. The average molecular weight is 530 g/mol. The molecule has 0 aliphatic carbocycles. The summed E-state index contributed by atoms with van der Waals surface area (Å²) < 4.78 is 5.57. The lowest BCUT2D eigenvalue weighted by molar-refractivity contribution is -0.118. The summed E-state index contributed by atoms with van der Waals surface area (Å²) in [7, 11) is 6.72. The molecule has 0 unspecified atom stereocenters. The summed E-state index contributed by atoms with van der Waals surface area (Å²) in [5.41, 5.74) is 3.02. The van der Waals surface area contributed by atoms with Crippen LogP contribution in [0.3, 0.4) is 0 Å². The van der Waals surface area contributed by atoms with Gasteiger partial charge in [-0.05, 0) is 64.0 Å². The maximum atomic E-state index is 11.7. The first-order valence-electron chi connectivity index (χ1n) is 12.3. The van der Waals surface area contributed by atoms with Crippen molar-refractivity contribution in [3.8, 4) is 5.75 Å². The van der Waals surface area contributed by atoms with E-state index >= 15 is 0 Å². The maximum absolute atomic E-state index is 11.7. The maximum Gasteiger partial charge on any atom is 0.318 e. The van der Waals surface area contributed by atoms with Crippen LogP contribution in [0, 0.1) is 6.92 Å². The minimum Gasteiger partial charge on any atom is -0.494 e. The number of hydrogen-bond acceptors (Lipinski definition) is 7. The van der Waals surface area contributed by atoms with E-state index in [1.54, 1.807) is 7.05 Å². The molecule has 10 heteroatoms. The Kier molecular flexibility index (Phi) is 19.2. The number of aryl methyl sites for hydroxylation is 1. The van der Waals surface area contributed by atoms with Crippen molar-refractivity contribution in [3.05, 3.63) is 59.7 Å². The highest BCUT2D eigenvalue weighted by Gasteiger charge is 2.09. The van der Waals surface area contributed by atoms with Crippen LogP contribution in [0.2, 0.25) is 0 Å². The van der Waals surface area contributed by atoms with Crippen molar-refractivity contribution < 1.29 is 24.2 Å². The van der Waals surface area contributed by atoms with E-state index in [0.717, 1.165) is 55.5 Å². The molecule has 2 aromatic rings. The Labute approximate surface area is 226 Å². The van der Waals surface area contributed by atoms with Gasteiger partial charge in [0.1, 0.15) is 12.0 Å². The number of aliphatic hydroxyl groups excluding tert-OH is 1. The number of benzene rings is 2. The summed E-state index contributed by atoms with van der Waals surface area (Å²) in [6.45, 7) is 8.17. The Balaban J connectivity index is 0.000000709. The van der Waals surface area contributed by atoms with Gasteiger partial charge in [0.05, 0.1) is 19.0 Å². The molecule has 0 saturated carbocycles. The van der Waals surface area contributed by atoms with Crippen LogP contribution >= 0.6 is 0 Å². The lowest BCUT2D eigenvalue weighted by Gasteiger charge is -2.21. The Morgan fingerprint density at radius 1 is 1.03 bits per heavy atom. The number of ether oxygens (including phenoxy) is 1. The zero-order chi connectivity index (χ0) is 28.8. The molecule has 2 rings (SSSR count).